The van der Waals surface area contributed by atoms with Crippen LogP contribution in [-0.4, -0.2) is 249 Å². The van der Waals surface area contributed by atoms with Crippen LogP contribution in [0.1, 0.15) is 164 Å². The van der Waals surface area contributed by atoms with Crippen molar-refractivity contribution >= 4 is 17.8 Å². The van der Waals surface area contributed by atoms with Gasteiger partial charge in [-0.1, -0.05) is 96.9 Å². The lowest BCUT2D eigenvalue weighted by Gasteiger charge is -2.18. The average molecular weight is 1120 g/mol. The second-order valence-corrected chi connectivity index (χ2v) is 21.0. The zero-order valence-electron chi connectivity index (χ0n) is 55.2. The van der Waals surface area contributed by atoms with Gasteiger partial charge >= 0.3 is 11.9 Å². The predicted molar refractivity (Wildman–Crippen MR) is 330 cm³/mol. The molecule has 0 saturated carbocycles. The van der Waals surface area contributed by atoms with Gasteiger partial charge in [-0.2, -0.15) is 0 Å². The number of amides is 1. The number of aliphatic carboxylic acids is 1. The Morgan fingerprint density at radius 3 is 1.06 bits per heavy atom. The minimum absolute atomic E-state index is 0.124. The van der Waals surface area contributed by atoms with Crippen molar-refractivity contribution in [2.75, 3.05) is 141 Å². The molecule has 0 aromatic heterocycles. The number of ether oxygens (including phenoxy) is 3. The fourth-order valence-electron chi connectivity index (χ4n) is 4.15. The van der Waals surface area contributed by atoms with E-state index >= 15 is 0 Å². The fourth-order valence-corrected chi connectivity index (χ4v) is 4.15. The molecule has 0 unspecified atom stereocenters. The number of carboxylic acid groups (broad SMARTS) is 1. The van der Waals surface area contributed by atoms with E-state index in [9.17, 15) is 14.4 Å². The van der Waals surface area contributed by atoms with E-state index in [4.69, 9.17) is 34.6 Å². The van der Waals surface area contributed by atoms with Crippen molar-refractivity contribution in [1.29, 1.82) is 0 Å². The average Bonchev–Trinajstić information content (AvgIpc) is 3.31. The number of methoxy groups -OCH3 is 2. The zero-order chi connectivity index (χ0) is 62.2. The smallest absolute Gasteiger partial charge is 0.307 e. The second-order valence-electron chi connectivity index (χ2n) is 21.0. The molecule has 0 fully saturated rings. The van der Waals surface area contributed by atoms with E-state index in [1.165, 1.54) is 0 Å². The molecule has 0 heterocycles. The lowest BCUT2D eigenvalue weighted by atomic mass is 10.3. The first-order valence-corrected chi connectivity index (χ1v) is 28.6. The number of nitrogens with one attached hydrogen (secondary N) is 7. The molecular weight excluding hydrogens is 985 g/mol. The van der Waals surface area contributed by atoms with E-state index in [1.807, 2.05) is 41.7 Å². The van der Waals surface area contributed by atoms with Crippen LogP contribution in [0.15, 0.2) is 0 Å². The van der Waals surface area contributed by atoms with Crippen LogP contribution in [0.25, 0.3) is 0 Å². The second kappa shape index (κ2) is 75.9. The lowest BCUT2D eigenvalue weighted by molar-refractivity contribution is -0.143. The summed E-state index contributed by atoms with van der Waals surface area (Å²) in [5.41, 5.74) is 0. The number of hydrogen-bond donors (Lipinski definition) is 11. The Kier molecular flexibility index (Phi) is 92.8. The van der Waals surface area contributed by atoms with Crippen LogP contribution < -0.4 is 37.2 Å². The molecule has 20 nitrogen and oxygen atoms in total. The van der Waals surface area contributed by atoms with Crippen molar-refractivity contribution in [3.63, 3.8) is 0 Å². The number of hydrogen-bond acceptors (Lipinski definition) is 18. The normalized spacial score (nSPS) is 10.5. The molecule has 0 saturated heterocycles. The first-order valence-electron chi connectivity index (χ1n) is 28.6. The minimum atomic E-state index is -0.747. The van der Waals surface area contributed by atoms with Gasteiger partial charge < -0.3 is 86.6 Å². The highest BCUT2D eigenvalue weighted by molar-refractivity contribution is 5.75. The van der Waals surface area contributed by atoms with Gasteiger partial charge in [0.15, 0.2) is 0 Å². The molecule has 0 aliphatic carbocycles. The van der Waals surface area contributed by atoms with E-state index in [0.717, 1.165) is 58.8 Å². The first-order chi connectivity index (χ1) is 35.7. The van der Waals surface area contributed by atoms with Gasteiger partial charge in [0.2, 0.25) is 5.91 Å². The van der Waals surface area contributed by atoms with Crippen LogP contribution in [0.3, 0.4) is 0 Å². The van der Waals surface area contributed by atoms with Crippen molar-refractivity contribution in [3.8, 4) is 0 Å². The number of carboxylic acids is 1. The molecule has 77 heavy (non-hydrogen) atoms. The molecule has 0 aliphatic heterocycles. The topological polar surface area (TPSA) is 254 Å². The summed E-state index contributed by atoms with van der Waals surface area (Å²) in [4.78, 5) is 37.6. The van der Waals surface area contributed by atoms with E-state index in [1.54, 1.807) is 33.2 Å². The Morgan fingerprint density at radius 2 is 0.792 bits per heavy atom. The largest absolute Gasteiger partial charge is 0.481 e. The number of esters is 1. The van der Waals surface area contributed by atoms with Crippen LogP contribution in [0.4, 0.5) is 0 Å². The Balaban J connectivity index is -0.0000000970. The summed E-state index contributed by atoms with van der Waals surface area (Å²) in [6.45, 7) is 48.8. The molecule has 0 rings (SSSR count). The van der Waals surface area contributed by atoms with Crippen LogP contribution in [-0.2, 0) is 28.6 Å². The predicted octanol–water partition coefficient (Wildman–Crippen LogP) is 5.13. The van der Waals surface area contributed by atoms with Gasteiger partial charge in [0.05, 0.1) is 39.3 Å². The highest BCUT2D eigenvalue weighted by Crippen LogP contribution is 1.90. The Bertz CT molecular complexity index is 1090. The van der Waals surface area contributed by atoms with E-state index in [0.29, 0.717) is 100 Å². The number of aliphatic hydroxyl groups is 3. The number of aliphatic hydroxyl groups excluding tert-OH is 3. The molecule has 0 aromatic carbocycles. The summed E-state index contributed by atoms with van der Waals surface area (Å²) in [7, 11) is 13.1. The molecule has 0 radical (unpaired) electrons. The van der Waals surface area contributed by atoms with Crippen molar-refractivity contribution in [1.82, 2.24) is 51.9 Å². The summed E-state index contributed by atoms with van der Waals surface area (Å²) < 4.78 is 14.5. The van der Waals surface area contributed by atoms with Crippen LogP contribution in [0, 0.1) is 0 Å². The molecule has 11 N–H and O–H groups in total. The van der Waals surface area contributed by atoms with Crippen LogP contribution in [0.2, 0.25) is 0 Å². The van der Waals surface area contributed by atoms with Gasteiger partial charge in [-0.3, -0.25) is 14.4 Å². The molecule has 1 amide bonds. The monoisotopic (exact) mass is 1120 g/mol. The third kappa shape index (κ3) is 131. The molecule has 0 aliphatic rings. The Labute approximate surface area is 476 Å². The van der Waals surface area contributed by atoms with Crippen molar-refractivity contribution in [2.45, 2.75) is 218 Å². The van der Waals surface area contributed by atoms with E-state index in [-0.39, 0.29) is 31.5 Å². The summed E-state index contributed by atoms with van der Waals surface area (Å²) in [6.07, 6.45) is 3.22. The van der Waals surface area contributed by atoms with Crippen LogP contribution >= 0.6 is 0 Å². The molecule has 0 spiro atoms. The maximum absolute atomic E-state index is 11.0. The number of nitrogens with zero attached hydrogens (tertiary/aromatic N) is 3. The molecular formula is C57H136N10O10. The van der Waals surface area contributed by atoms with Crippen molar-refractivity contribution < 1.29 is 49.0 Å². The van der Waals surface area contributed by atoms with Gasteiger partial charge in [-0.25, -0.2) is 0 Å². The lowest BCUT2D eigenvalue weighted by Crippen LogP contribution is -2.29. The first kappa shape index (κ1) is 94.1. The third-order valence-corrected chi connectivity index (χ3v) is 9.32. The van der Waals surface area contributed by atoms with Crippen molar-refractivity contribution in [2.24, 2.45) is 0 Å². The molecule has 20 heteroatoms. The molecule has 0 atom stereocenters. The molecule has 0 bridgehead atoms. The van der Waals surface area contributed by atoms with Crippen LogP contribution in [0.5, 0.6) is 0 Å². The Morgan fingerprint density at radius 1 is 0.442 bits per heavy atom. The van der Waals surface area contributed by atoms with Gasteiger partial charge in [0.25, 0.3) is 0 Å². The van der Waals surface area contributed by atoms with Gasteiger partial charge in [-0.05, 0) is 81.7 Å². The Hall–Kier alpha value is -2.15. The molecule has 0 aromatic rings. The van der Waals surface area contributed by atoms with Gasteiger partial charge in [0, 0.05) is 142 Å². The number of carbonyl (C=O) groups excluding carboxylic acids is 2. The minimum Gasteiger partial charge on any atom is -0.481 e. The van der Waals surface area contributed by atoms with E-state index in [2.05, 4.69) is 158 Å². The summed E-state index contributed by atoms with van der Waals surface area (Å²) in [5.74, 6) is -0.693. The number of rotatable bonds is 33. The maximum atomic E-state index is 11.0. The number of likely N-dealkylation sites (N-methyl/N-ethyl adjacent to an activating group) is 1. The van der Waals surface area contributed by atoms with E-state index < -0.39 is 5.97 Å². The highest BCUT2D eigenvalue weighted by atomic mass is 16.5. The summed E-state index contributed by atoms with van der Waals surface area (Å²) in [6, 6.07) is 4.71. The number of carbonyl (C=O) groups is 3. The maximum Gasteiger partial charge on any atom is 0.307 e. The zero-order valence-corrected chi connectivity index (χ0v) is 55.2. The quantitative estimate of drug-likeness (QED) is 0.0301. The fraction of sp³-hybridized carbons (Fsp3) is 0.947. The summed E-state index contributed by atoms with van der Waals surface area (Å²) in [5, 5.41) is 55.3. The van der Waals surface area contributed by atoms with Gasteiger partial charge in [0.1, 0.15) is 0 Å². The third-order valence-electron chi connectivity index (χ3n) is 9.32. The summed E-state index contributed by atoms with van der Waals surface area (Å²) >= 11 is 0. The van der Waals surface area contributed by atoms with Gasteiger partial charge in [-0.15, -0.1) is 0 Å². The van der Waals surface area contributed by atoms with Crippen molar-refractivity contribution in [3.05, 3.63) is 0 Å². The SMILES string of the molecule is CC(C)N(C)C.CC(C)N(C)CCO.CC(C)NCCC(=O)N(C)C.CC(C)NCCC(=O)O.CC(C)NCCCO.CC(C)NCCO.CCOC(=O)CCNC(C)C.COCCCNC(C)C.COCCNC(C)C. The molecule has 474 valence electrons. The highest BCUT2D eigenvalue weighted by Gasteiger charge is 2.03. The standard InChI is InChI=1S/C8H18N2O.C8H17NO2.C7H17NO.C6H13NO2.3C6H15NO.C5H13NO.C5H13N/c1-7(2)9-6-5-8(11)10(3)4;1-4-11-8(10)5-6-9-7(2)3;1-7(2)8-5-4-6-9-3;1-5(2)7-4-3-6(8)9;1-6(2)7-4-5-8-3;1-6(2)7(3)4-5-8;1-6(2)7-4-3-5-8;1-5(2)6-3-4-7;1-5(2)6(3)4/h7,9H,5-6H2,1-4H3;7,9H,4-6H2,1-3H3;7-8H,4-6H2,1-3H3;5,7H,3-4H2,1-2H3,(H,8,9);6-7H,4-5H2,1-3H3;6,8H,4-5H2,1-3H3;6-8H,3-5H2,1-2H3;5-7H,3-4H2,1-2H3;5H,1-4H3.